The van der Waals surface area contributed by atoms with Crippen LogP contribution in [-0.2, 0) is 14.3 Å². The van der Waals surface area contributed by atoms with Gasteiger partial charge in [-0.3, -0.25) is 4.79 Å². The van der Waals surface area contributed by atoms with Crippen LogP contribution in [0.2, 0.25) is 0 Å². The lowest BCUT2D eigenvalue weighted by Crippen LogP contribution is -2.60. The number of rotatable bonds is 51. The Kier molecular flexibility index (Phi) is 46.3. The van der Waals surface area contributed by atoms with Crippen LogP contribution in [-0.4, -0.2) is 87.5 Å². The van der Waals surface area contributed by atoms with Crippen LogP contribution in [0.4, 0.5) is 0 Å². The number of unbranched alkanes of at least 4 members (excludes halogenated alkanes) is 39. The largest absolute Gasteiger partial charge is 0.394 e. The van der Waals surface area contributed by atoms with E-state index in [4.69, 9.17) is 9.47 Å². The second kappa shape index (κ2) is 48.6. The van der Waals surface area contributed by atoms with E-state index in [9.17, 15) is 30.3 Å². The zero-order valence-corrected chi connectivity index (χ0v) is 44.2. The molecule has 0 spiro atoms. The van der Waals surface area contributed by atoms with Gasteiger partial charge in [-0.25, -0.2) is 0 Å². The topological polar surface area (TPSA) is 149 Å². The first-order valence-electron chi connectivity index (χ1n) is 29.4. The van der Waals surface area contributed by atoms with E-state index in [2.05, 4.69) is 31.3 Å². The Morgan fingerprint density at radius 2 is 0.836 bits per heavy atom. The van der Waals surface area contributed by atoms with E-state index in [1.54, 1.807) is 0 Å². The molecule has 1 rings (SSSR count). The third-order valence-corrected chi connectivity index (χ3v) is 14.4. The molecule has 7 unspecified atom stereocenters. The molecule has 1 fully saturated rings. The lowest BCUT2D eigenvalue weighted by atomic mass is 9.99. The molecular weight excluding hydrogens is 839 g/mol. The average molecular weight is 953 g/mol. The fourth-order valence-electron chi connectivity index (χ4n) is 9.69. The van der Waals surface area contributed by atoms with Crippen molar-refractivity contribution < 1.29 is 39.8 Å². The molecule has 0 aliphatic carbocycles. The first-order chi connectivity index (χ1) is 32.8. The molecule has 6 N–H and O–H groups in total. The van der Waals surface area contributed by atoms with Crippen molar-refractivity contribution in [3.05, 3.63) is 12.2 Å². The smallest absolute Gasteiger partial charge is 0.220 e. The number of hydrogen-bond donors (Lipinski definition) is 6. The van der Waals surface area contributed by atoms with Crippen molar-refractivity contribution in [2.75, 3.05) is 13.2 Å². The van der Waals surface area contributed by atoms with E-state index >= 15 is 0 Å². The van der Waals surface area contributed by atoms with Crippen molar-refractivity contribution in [2.45, 2.75) is 339 Å². The summed E-state index contributed by atoms with van der Waals surface area (Å²) in [6.45, 7) is 3.85. The van der Waals surface area contributed by atoms with Gasteiger partial charge in [0.15, 0.2) is 6.29 Å². The van der Waals surface area contributed by atoms with E-state index in [0.29, 0.717) is 12.8 Å². The number of amides is 1. The summed E-state index contributed by atoms with van der Waals surface area (Å²) in [6.07, 6.45) is 52.7. The lowest BCUT2D eigenvalue weighted by Gasteiger charge is -2.40. The molecule has 1 aliphatic rings. The molecule has 0 aromatic carbocycles. The Labute approximate surface area is 414 Å². The van der Waals surface area contributed by atoms with E-state index in [1.807, 2.05) is 0 Å². The summed E-state index contributed by atoms with van der Waals surface area (Å²) in [5.74, 6) is -0.140. The molecule has 1 aliphatic heterocycles. The normalized spacial score (nSPS) is 19.7. The maximum absolute atomic E-state index is 13.0. The van der Waals surface area contributed by atoms with E-state index < -0.39 is 49.5 Å². The highest BCUT2D eigenvalue weighted by Crippen LogP contribution is 2.23. The van der Waals surface area contributed by atoms with Crippen molar-refractivity contribution in [1.82, 2.24) is 5.32 Å². The molecule has 0 aromatic heterocycles. The van der Waals surface area contributed by atoms with E-state index in [0.717, 1.165) is 38.5 Å². The summed E-state index contributed by atoms with van der Waals surface area (Å²) in [7, 11) is 0. The molecule has 1 saturated heterocycles. The Bertz CT molecular complexity index is 1060. The van der Waals surface area contributed by atoms with Gasteiger partial charge in [0.25, 0.3) is 0 Å². The number of aliphatic hydroxyl groups excluding tert-OH is 5. The lowest BCUT2D eigenvalue weighted by molar-refractivity contribution is -0.302. The van der Waals surface area contributed by atoms with Crippen LogP contribution in [0.15, 0.2) is 12.2 Å². The Morgan fingerprint density at radius 1 is 0.493 bits per heavy atom. The van der Waals surface area contributed by atoms with Crippen LogP contribution >= 0.6 is 0 Å². The van der Waals surface area contributed by atoms with Gasteiger partial charge in [-0.15, -0.1) is 0 Å². The molecule has 0 bridgehead atoms. The maximum atomic E-state index is 13.0. The van der Waals surface area contributed by atoms with Gasteiger partial charge in [-0.2, -0.15) is 0 Å². The second-order valence-corrected chi connectivity index (χ2v) is 20.8. The van der Waals surface area contributed by atoms with E-state index in [1.165, 1.54) is 231 Å². The minimum absolute atomic E-state index is 0.133. The quantitative estimate of drug-likeness (QED) is 0.0261. The fourth-order valence-corrected chi connectivity index (χ4v) is 9.69. The maximum Gasteiger partial charge on any atom is 0.220 e. The van der Waals surface area contributed by atoms with Gasteiger partial charge in [0.2, 0.25) is 5.91 Å². The van der Waals surface area contributed by atoms with Gasteiger partial charge in [-0.05, 0) is 38.5 Å². The predicted molar refractivity (Wildman–Crippen MR) is 281 cm³/mol. The summed E-state index contributed by atoms with van der Waals surface area (Å²) < 4.78 is 11.3. The minimum Gasteiger partial charge on any atom is -0.394 e. The van der Waals surface area contributed by atoms with Crippen molar-refractivity contribution in [3.63, 3.8) is 0 Å². The van der Waals surface area contributed by atoms with Gasteiger partial charge in [0.05, 0.1) is 25.4 Å². The molecule has 67 heavy (non-hydrogen) atoms. The van der Waals surface area contributed by atoms with Gasteiger partial charge < -0.3 is 40.3 Å². The number of nitrogens with one attached hydrogen (secondary N) is 1. The van der Waals surface area contributed by atoms with Gasteiger partial charge >= 0.3 is 0 Å². The zero-order chi connectivity index (χ0) is 48.7. The molecule has 9 heteroatoms. The van der Waals surface area contributed by atoms with Crippen LogP contribution in [0, 0.1) is 0 Å². The summed E-state index contributed by atoms with van der Waals surface area (Å²) in [5.41, 5.74) is 0. The highest BCUT2D eigenvalue weighted by molar-refractivity contribution is 5.76. The third-order valence-electron chi connectivity index (χ3n) is 14.4. The van der Waals surface area contributed by atoms with Crippen LogP contribution < -0.4 is 5.32 Å². The van der Waals surface area contributed by atoms with Crippen molar-refractivity contribution in [3.8, 4) is 0 Å². The molecular formula is C58H113NO8. The SMILES string of the molecule is CCCCCCCCCCCCCC/C=C\CCCCCCCCCCCCCCCCCCCC(=O)NC(COC1OC(CO)C(O)C(O)C1O)C(O)CCCCCCCCCCCCC. The monoisotopic (exact) mass is 952 g/mol. The number of aliphatic hydroxyl groups is 5. The molecule has 1 heterocycles. The van der Waals surface area contributed by atoms with Gasteiger partial charge in [0.1, 0.15) is 24.4 Å². The first-order valence-corrected chi connectivity index (χ1v) is 29.4. The molecule has 0 saturated carbocycles. The van der Waals surface area contributed by atoms with Crippen molar-refractivity contribution in [2.24, 2.45) is 0 Å². The molecule has 9 nitrogen and oxygen atoms in total. The second-order valence-electron chi connectivity index (χ2n) is 20.8. The number of carbonyl (C=O) groups excluding carboxylic acids is 1. The average Bonchev–Trinajstić information content (AvgIpc) is 3.33. The number of allylic oxidation sites excluding steroid dienone is 2. The summed E-state index contributed by atoms with van der Waals surface area (Å²) in [4.78, 5) is 13.0. The molecule has 0 aromatic rings. The Balaban J connectivity index is 2.06. The molecule has 7 atom stereocenters. The summed E-state index contributed by atoms with van der Waals surface area (Å²) in [6, 6.07) is -0.714. The van der Waals surface area contributed by atoms with Crippen LogP contribution in [0.25, 0.3) is 0 Å². The first kappa shape index (κ1) is 63.9. The van der Waals surface area contributed by atoms with Crippen molar-refractivity contribution in [1.29, 1.82) is 0 Å². The number of ether oxygens (including phenoxy) is 2. The van der Waals surface area contributed by atoms with Crippen LogP contribution in [0.1, 0.15) is 296 Å². The number of carbonyl (C=O) groups is 1. The van der Waals surface area contributed by atoms with Gasteiger partial charge in [-0.1, -0.05) is 264 Å². The molecule has 0 radical (unpaired) electrons. The van der Waals surface area contributed by atoms with Crippen molar-refractivity contribution >= 4 is 5.91 Å². The summed E-state index contributed by atoms with van der Waals surface area (Å²) >= 11 is 0. The third kappa shape index (κ3) is 38.3. The Hall–Kier alpha value is -1.07. The van der Waals surface area contributed by atoms with Crippen LogP contribution in [0.5, 0.6) is 0 Å². The zero-order valence-electron chi connectivity index (χ0n) is 44.2. The highest BCUT2D eigenvalue weighted by Gasteiger charge is 2.44. The predicted octanol–water partition coefficient (Wildman–Crippen LogP) is 14.4. The molecule has 398 valence electrons. The van der Waals surface area contributed by atoms with Crippen LogP contribution in [0.3, 0.4) is 0 Å². The highest BCUT2D eigenvalue weighted by atomic mass is 16.7. The molecule has 1 amide bonds. The standard InChI is InChI=1S/C58H113NO8/c1-3-5-7-9-11-13-15-16-17-18-19-20-21-22-23-24-25-26-27-28-29-30-31-32-33-34-35-36-38-40-42-44-46-48-54(62)59-51(50-66-58-57(65)56(64)55(63)53(49-60)67-58)52(61)47-45-43-41-39-37-14-12-10-8-6-4-2/h22-23,51-53,55-58,60-61,63-65H,3-21,24-50H2,1-2H3,(H,59,62)/b23-22-. The minimum atomic E-state index is -1.55. The Morgan fingerprint density at radius 3 is 1.21 bits per heavy atom. The number of hydrogen-bond acceptors (Lipinski definition) is 8. The fraction of sp³-hybridized carbons (Fsp3) is 0.948. The van der Waals surface area contributed by atoms with Gasteiger partial charge in [0, 0.05) is 6.42 Å². The summed E-state index contributed by atoms with van der Waals surface area (Å²) in [5, 5.41) is 54.5. The van der Waals surface area contributed by atoms with E-state index in [-0.39, 0.29) is 12.5 Å².